The van der Waals surface area contributed by atoms with Gasteiger partial charge in [0, 0.05) is 6.10 Å². The van der Waals surface area contributed by atoms with Gasteiger partial charge in [0.15, 0.2) is 17.4 Å². The van der Waals surface area contributed by atoms with Crippen LogP contribution in [0, 0.1) is 0 Å². The molecule has 0 saturated heterocycles. The zero-order chi connectivity index (χ0) is 3.58. The second-order valence-corrected chi connectivity index (χ2v) is 1.09. The van der Waals surface area contributed by atoms with Gasteiger partial charge in [-0.3, -0.25) is 0 Å². The van der Waals surface area contributed by atoms with Gasteiger partial charge in [-0.15, -0.1) is 0 Å². The Balaban J connectivity index is -0.00000000450. The van der Waals surface area contributed by atoms with Gasteiger partial charge < -0.3 is 13.4 Å². The Kier molecular flexibility index (Phi) is 51.6. The summed E-state index contributed by atoms with van der Waals surface area (Å²) in [5, 5.41) is 8.06. The van der Waals surface area contributed by atoms with E-state index in [4.69, 9.17) is 5.11 Å². The summed E-state index contributed by atoms with van der Waals surface area (Å²) in [5.74, 6) is 0. The molecule has 0 aliphatic carbocycles. The molecule has 0 atom stereocenters. The van der Waals surface area contributed by atoms with E-state index in [1.165, 1.54) is 0 Å². The molecule has 44 valence electrons. The summed E-state index contributed by atoms with van der Waals surface area (Å²) in [4.78, 5) is 0. The Hall–Kier alpha value is 2.02. The van der Waals surface area contributed by atoms with E-state index in [0.717, 1.165) is 0 Å². The largest absolute Gasteiger partial charge is 2.00 e. The van der Waals surface area contributed by atoms with E-state index in [9.17, 15) is 0 Å². The van der Waals surface area contributed by atoms with E-state index in [2.05, 4.69) is 0 Å². The van der Waals surface area contributed by atoms with E-state index in [0.29, 0.717) is 0 Å². The zero-order valence-corrected chi connectivity index (χ0v) is 8.67. The zero-order valence-electron chi connectivity index (χ0n) is 6.23. The summed E-state index contributed by atoms with van der Waals surface area (Å²) in [5.41, 5.74) is 0. The second-order valence-electron chi connectivity index (χ2n) is 1.09. The third kappa shape index (κ3) is 71.1. The molecule has 0 radical (unpaired) electrons. The maximum atomic E-state index is 8.06. The van der Waals surface area contributed by atoms with Gasteiger partial charge in [0.1, 0.15) is 0 Å². The molecule has 0 fully saturated rings. The van der Waals surface area contributed by atoms with Gasteiger partial charge in [0.05, 0.1) is 0 Å². The van der Waals surface area contributed by atoms with Crippen LogP contribution in [0.1, 0.15) is 16.7 Å². The molecule has 7 heavy (non-hydrogen) atoms. The van der Waals surface area contributed by atoms with Crippen LogP contribution in [0.4, 0.5) is 0 Å². The van der Waals surface area contributed by atoms with Crippen molar-refractivity contribution in [3.05, 3.63) is 0 Å². The van der Waals surface area contributed by atoms with Crippen LogP contribution < -0.4 is 0 Å². The number of aliphatic hydroxyl groups excluding tert-OH is 1. The fourth-order valence-electron chi connectivity index (χ4n) is 0. The monoisotopic (exact) mass is 248 g/mol. The minimum absolute atomic E-state index is 0. The molecule has 0 aromatic rings. The van der Waals surface area contributed by atoms with Crippen molar-refractivity contribution in [2.75, 3.05) is 0 Å². The van der Waals surface area contributed by atoms with Gasteiger partial charge in [0.2, 0.25) is 0 Å². The number of hydrogen-bond donors (Lipinski definition) is 1. The summed E-state index contributed by atoms with van der Waals surface area (Å²) in [6.45, 7) is 3.44. The predicted octanol–water partition coefficient (Wildman–Crippen LogP) is -1.78. The summed E-state index contributed by atoms with van der Waals surface area (Å²) in [6.07, 6.45) is -0.167. The quantitative estimate of drug-likeness (QED) is 0.506. The van der Waals surface area contributed by atoms with Crippen molar-refractivity contribution >= 4 is 66.2 Å². The SMILES string of the molecule is CC(C)O.O.[AlH3].[Ba+2].[H-].[H-]. The van der Waals surface area contributed by atoms with Crippen LogP contribution >= 0.6 is 0 Å². The molecule has 0 aliphatic heterocycles. The van der Waals surface area contributed by atoms with Gasteiger partial charge >= 0.3 is 48.9 Å². The standard InChI is InChI=1S/C3H8O.Al.Ba.H2O.5H/c1-3(2)4;;;;;;;;/h3-4H,1-2H3;;;1H2;;;;;/q;;+2;;;;;2*-1. The molecule has 3 N–H and O–H groups in total. The molecule has 0 aromatic heterocycles. The minimum atomic E-state index is -0.167. The van der Waals surface area contributed by atoms with Crippen molar-refractivity contribution < 1.29 is 13.4 Å². The fraction of sp³-hybridized carbons (Fsp3) is 1.00. The molecule has 0 bridgehead atoms. The van der Waals surface area contributed by atoms with Crippen LogP contribution in [0.2, 0.25) is 0 Å². The first-order valence-corrected chi connectivity index (χ1v) is 1.41. The summed E-state index contributed by atoms with van der Waals surface area (Å²) in [6, 6.07) is 0. The minimum Gasteiger partial charge on any atom is -1.00 e. The van der Waals surface area contributed by atoms with E-state index in [1.54, 1.807) is 13.8 Å². The van der Waals surface area contributed by atoms with E-state index in [-0.39, 0.29) is 80.7 Å². The van der Waals surface area contributed by atoms with Crippen molar-refractivity contribution in [1.29, 1.82) is 0 Å². The molecule has 0 spiro atoms. The molecule has 0 aromatic carbocycles. The van der Waals surface area contributed by atoms with Crippen molar-refractivity contribution in [3.63, 3.8) is 0 Å². The first kappa shape index (κ1) is 23.0. The molecule has 4 heteroatoms. The summed E-state index contributed by atoms with van der Waals surface area (Å²) >= 11 is 0. The molecule has 0 saturated carbocycles. The third-order valence-corrected chi connectivity index (χ3v) is 0. The maximum Gasteiger partial charge on any atom is 2.00 e. The normalized spacial score (nSPS) is 5.14. The van der Waals surface area contributed by atoms with Crippen LogP contribution in [0.3, 0.4) is 0 Å². The predicted molar refractivity (Wildman–Crippen MR) is 38.9 cm³/mol. The maximum absolute atomic E-state index is 8.06. The van der Waals surface area contributed by atoms with Crippen LogP contribution in [0.25, 0.3) is 0 Å². The van der Waals surface area contributed by atoms with Crippen molar-refractivity contribution in [2.45, 2.75) is 20.0 Å². The van der Waals surface area contributed by atoms with Gasteiger partial charge in [-0.2, -0.15) is 0 Å². The molecule has 0 amide bonds. The number of hydrogen-bond acceptors (Lipinski definition) is 1. The molecule has 0 aliphatic rings. The molecular weight excluding hydrogens is 232 g/mol. The Morgan fingerprint density at radius 3 is 1.43 bits per heavy atom. The van der Waals surface area contributed by atoms with E-state index < -0.39 is 0 Å². The van der Waals surface area contributed by atoms with Gasteiger partial charge in [-0.25, -0.2) is 0 Å². The van der Waals surface area contributed by atoms with Crippen LogP contribution in [-0.2, 0) is 0 Å². The van der Waals surface area contributed by atoms with Gasteiger partial charge in [-0.1, -0.05) is 0 Å². The first-order chi connectivity index (χ1) is 1.73. The summed E-state index contributed by atoms with van der Waals surface area (Å²) < 4.78 is 0. The Labute approximate surface area is 98.2 Å². The van der Waals surface area contributed by atoms with Crippen molar-refractivity contribution in [1.82, 2.24) is 0 Å². The molecular formula is C3H15AlBaO2. The molecule has 0 rings (SSSR count). The molecule has 0 heterocycles. The first-order valence-electron chi connectivity index (χ1n) is 1.41. The fourth-order valence-corrected chi connectivity index (χ4v) is 0. The summed E-state index contributed by atoms with van der Waals surface area (Å²) in [7, 11) is 0. The van der Waals surface area contributed by atoms with Gasteiger partial charge in [0.25, 0.3) is 0 Å². The average Bonchev–Trinajstić information content (AvgIpc) is 0.811. The van der Waals surface area contributed by atoms with Crippen LogP contribution in [0.5, 0.6) is 0 Å². The molecule has 2 nitrogen and oxygen atoms in total. The topological polar surface area (TPSA) is 51.7 Å². The van der Waals surface area contributed by atoms with Crippen LogP contribution in [-0.4, -0.2) is 82.9 Å². The number of aliphatic hydroxyl groups is 1. The Morgan fingerprint density at radius 2 is 1.43 bits per heavy atom. The Bertz CT molecular complexity index is 24.5. The van der Waals surface area contributed by atoms with Crippen molar-refractivity contribution in [2.24, 2.45) is 0 Å². The molecule has 0 unspecified atom stereocenters. The number of rotatable bonds is 0. The average molecular weight is 247 g/mol. The van der Waals surface area contributed by atoms with Crippen molar-refractivity contribution in [3.8, 4) is 0 Å². The van der Waals surface area contributed by atoms with Crippen LogP contribution in [0.15, 0.2) is 0 Å². The van der Waals surface area contributed by atoms with E-state index >= 15 is 0 Å². The van der Waals surface area contributed by atoms with E-state index in [1.807, 2.05) is 0 Å². The smallest absolute Gasteiger partial charge is 1.00 e. The van der Waals surface area contributed by atoms with Gasteiger partial charge in [-0.05, 0) is 13.8 Å². The Morgan fingerprint density at radius 1 is 1.43 bits per heavy atom. The third-order valence-electron chi connectivity index (χ3n) is 0. The second kappa shape index (κ2) is 15.7.